The highest BCUT2D eigenvalue weighted by molar-refractivity contribution is 7.98. The molecule has 0 aliphatic rings. The summed E-state index contributed by atoms with van der Waals surface area (Å²) in [6, 6.07) is 17.8. The molecule has 106 valence electrons. The number of benzene rings is 2. The zero-order chi connectivity index (χ0) is 14.7. The molecule has 2 N–H and O–H groups in total. The molecular formula is C16H14ClN3S. The molecule has 1 heterocycles. The van der Waals surface area contributed by atoms with E-state index in [1.807, 2.05) is 65.5 Å². The van der Waals surface area contributed by atoms with E-state index in [4.69, 9.17) is 17.3 Å². The number of hydrogen-bond donors (Lipinski definition) is 1. The Kier molecular flexibility index (Phi) is 4.18. The molecule has 2 aromatic carbocycles. The van der Waals surface area contributed by atoms with Crippen molar-refractivity contribution in [3.8, 4) is 5.69 Å². The highest BCUT2D eigenvalue weighted by Gasteiger charge is 2.04. The van der Waals surface area contributed by atoms with Crippen molar-refractivity contribution in [2.75, 3.05) is 5.73 Å². The van der Waals surface area contributed by atoms with Crippen molar-refractivity contribution in [3.63, 3.8) is 0 Å². The quantitative estimate of drug-likeness (QED) is 0.573. The number of nitrogens with two attached hydrogens (primary N) is 1. The van der Waals surface area contributed by atoms with Crippen molar-refractivity contribution in [2.24, 2.45) is 0 Å². The first-order valence-electron chi connectivity index (χ1n) is 6.50. The SMILES string of the molecule is Nc1ccc(SCc2ccn(-c3ccccc3)n2)cc1Cl. The van der Waals surface area contributed by atoms with Gasteiger partial charge in [0.05, 0.1) is 22.1 Å². The van der Waals surface area contributed by atoms with Crippen LogP contribution in [0.2, 0.25) is 5.02 Å². The predicted octanol–water partition coefficient (Wildman–Crippen LogP) is 4.40. The van der Waals surface area contributed by atoms with Crippen LogP contribution in [0, 0.1) is 0 Å². The minimum Gasteiger partial charge on any atom is -0.398 e. The summed E-state index contributed by atoms with van der Waals surface area (Å²) in [5.74, 6) is 0.792. The number of nitrogens with zero attached hydrogens (tertiary/aromatic N) is 2. The number of anilines is 1. The number of halogens is 1. The zero-order valence-corrected chi connectivity index (χ0v) is 12.8. The largest absolute Gasteiger partial charge is 0.398 e. The van der Waals surface area contributed by atoms with E-state index in [0.29, 0.717) is 10.7 Å². The topological polar surface area (TPSA) is 43.8 Å². The lowest BCUT2D eigenvalue weighted by molar-refractivity contribution is 0.859. The Morgan fingerprint density at radius 3 is 2.67 bits per heavy atom. The first kappa shape index (κ1) is 14.0. The van der Waals surface area contributed by atoms with E-state index in [0.717, 1.165) is 22.0 Å². The van der Waals surface area contributed by atoms with Crippen LogP contribution in [-0.4, -0.2) is 9.78 Å². The molecule has 0 aliphatic carbocycles. The number of thioether (sulfide) groups is 1. The molecule has 0 saturated heterocycles. The highest BCUT2D eigenvalue weighted by atomic mass is 35.5. The molecule has 0 amide bonds. The monoisotopic (exact) mass is 315 g/mol. The fraction of sp³-hybridized carbons (Fsp3) is 0.0625. The van der Waals surface area contributed by atoms with Crippen molar-refractivity contribution in [1.82, 2.24) is 9.78 Å². The molecule has 0 aliphatic heterocycles. The summed E-state index contributed by atoms with van der Waals surface area (Å²) in [6.45, 7) is 0. The average Bonchev–Trinajstić information content (AvgIpc) is 2.98. The molecule has 3 aromatic rings. The van der Waals surface area contributed by atoms with Crippen LogP contribution >= 0.6 is 23.4 Å². The van der Waals surface area contributed by atoms with Gasteiger partial charge in [-0.2, -0.15) is 5.10 Å². The van der Waals surface area contributed by atoms with Gasteiger partial charge in [-0.25, -0.2) is 4.68 Å². The molecule has 5 heteroatoms. The molecule has 0 spiro atoms. The Balaban J connectivity index is 1.69. The second kappa shape index (κ2) is 6.24. The van der Waals surface area contributed by atoms with Gasteiger partial charge in [0.25, 0.3) is 0 Å². The third-order valence-corrected chi connectivity index (χ3v) is 4.38. The lowest BCUT2D eigenvalue weighted by Crippen LogP contribution is -1.95. The number of rotatable bonds is 4. The molecule has 0 atom stereocenters. The van der Waals surface area contributed by atoms with E-state index in [1.165, 1.54) is 0 Å². The van der Waals surface area contributed by atoms with Gasteiger partial charge >= 0.3 is 0 Å². The predicted molar refractivity (Wildman–Crippen MR) is 89.0 cm³/mol. The Labute approximate surface area is 132 Å². The fourth-order valence-corrected chi connectivity index (χ4v) is 3.00. The van der Waals surface area contributed by atoms with Gasteiger partial charge in [0.15, 0.2) is 0 Å². The van der Waals surface area contributed by atoms with E-state index in [9.17, 15) is 0 Å². The van der Waals surface area contributed by atoms with Crippen molar-refractivity contribution in [1.29, 1.82) is 0 Å². The number of hydrogen-bond acceptors (Lipinski definition) is 3. The van der Waals surface area contributed by atoms with Crippen LogP contribution in [-0.2, 0) is 5.75 Å². The Hall–Kier alpha value is -1.91. The van der Waals surface area contributed by atoms with E-state index in [2.05, 4.69) is 5.10 Å². The molecule has 0 saturated carbocycles. The van der Waals surface area contributed by atoms with E-state index < -0.39 is 0 Å². The van der Waals surface area contributed by atoms with Crippen LogP contribution in [0.1, 0.15) is 5.69 Å². The van der Waals surface area contributed by atoms with E-state index in [-0.39, 0.29) is 0 Å². The Morgan fingerprint density at radius 1 is 1.10 bits per heavy atom. The molecule has 0 unspecified atom stereocenters. The standard InChI is InChI=1S/C16H14ClN3S/c17-15-10-14(6-7-16(15)18)21-11-12-8-9-20(19-12)13-4-2-1-3-5-13/h1-10H,11,18H2. The molecule has 0 radical (unpaired) electrons. The molecule has 1 aromatic heterocycles. The lowest BCUT2D eigenvalue weighted by atomic mass is 10.3. The van der Waals surface area contributed by atoms with Gasteiger partial charge in [-0.1, -0.05) is 29.8 Å². The third kappa shape index (κ3) is 3.40. The summed E-state index contributed by atoms with van der Waals surface area (Å²) in [6.07, 6.45) is 1.97. The highest BCUT2D eigenvalue weighted by Crippen LogP contribution is 2.28. The summed E-state index contributed by atoms with van der Waals surface area (Å²) in [4.78, 5) is 1.09. The lowest BCUT2D eigenvalue weighted by Gasteiger charge is -2.03. The Bertz CT molecular complexity index is 740. The van der Waals surface area contributed by atoms with E-state index in [1.54, 1.807) is 11.8 Å². The van der Waals surface area contributed by atoms with Gasteiger partial charge in [-0.05, 0) is 36.4 Å². The van der Waals surface area contributed by atoms with Gasteiger partial charge in [0.1, 0.15) is 0 Å². The third-order valence-electron chi connectivity index (χ3n) is 3.02. The van der Waals surface area contributed by atoms with Crippen LogP contribution in [0.3, 0.4) is 0 Å². The molecular weight excluding hydrogens is 302 g/mol. The maximum absolute atomic E-state index is 6.02. The summed E-state index contributed by atoms with van der Waals surface area (Å²) >= 11 is 7.71. The maximum atomic E-state index is 6.02. The first-order chi connectivity index (χ1) is 10.2. The minimum atomic E-state index is 0.592. The zero-order valence-electron chi connectivity index (χ0n) is 11.2. The molecule has 21 heavy (non-hydrogen) atoms. The second-order valence-electron chi connectivity index (χ2n) is 4.56. The number of nitrogen functional groups attached to an aromatic ring is 1. The van der Waals surface area contributed by atoms with Crippen molar-refractivity contribution >= 4 is 29.1 Å². The fourth-order valence-electron chi connectivity index (χ4n) is 1.92. The first-order valence-corrected chi connectivity index (χ1v) is 7.86. The average molecular weight is 316 g/mol. The van der Waals surface area contributed by atoms with Crippen LogP contribution in [0.25, 0.3) is 5.69 Å². The van der Waals surface area contributed by atoms with Gasteiger partial charge < -0.3 is 5.73 Å². The summed E-state index contributed by atoms with van der Waals surface area (Å²) in [5, 5.41) is 5.17. The van der Waals surface area contributed by atoms with Crippen molar-refractivity contribution < 1.29 is 0 Å². The minimum absolute atomic E-state index is 0.592. The van der Waals surface area contributed by atoms with Gasteiger partial charge in [0, 0.05) is 16.8 Å². The van der Waals surface area contributed by atoms with E-state index >= 15 is 0 Å². The molecule has 0 fully saturated rings. The molecule has 3 rings (SSSR count). The van der Waals surface area contributed by atoms with Gasteiger partial charge in [-0.3, -0.25) is 0 Å². The summed E-state index contributed by atoms with van der Waals surface area (Å²) in [7, 11) is 0. The second-order valence-corrected chi connectivity index (χ2v) is 6.02. The van der Waals surface area contributed by atoms with Crippen LogP contribution in [0.5, 0.6) is 0 Å². The van der Waals surface area contributed by atoms with Crippen LogP contribution in [0.4, 0.5) is 5.69 Å². The smallest absolute Gasteiger partial charge is 0.0731 e. The molecule has 3 nitrogen and oxygen atoms in total. The number of aromatic nitrogens is 2. The summed E-state index contributed by atoms with van der Waals surface area (Å²) in [5.41, 5.74) is 8.40. The summed E-state index contributed by atoms with van der Waals surface area (Å²) < 4.78 is 1.88. The molecule has 0 bridgehead atoms. The normalized spacial score (nSPS) is 10.7. The van der Waals surface area contributed by atoms with Gasteiger partial charge in [-0.15, -0.1) is 11.8 Å². The van der Waals surface area contributed by atoms with Crippen molar-refractivity contribution in [3.05, 3.63) is 71.5 Å². The Morgan fingerprint density at radius 2 is 1.90 bits per heavy atom. The van der Waals surface area contributed by atoms with Crippen molar-refractivity contribution in [2.45, 2.75) is 10.6 Å². The maximum Gasteiger partial charge on any atom is 0.0731 e. The number of para-hydroxylation sites is 1. The van der Waals surface area contributed by atoms with Gasteiger partial charge in [0.2, 0.25) is 0 Å². The van der Waals surface area contributed by atoms with Crippen LogP contribution in [0.15, 0.2) is 65.7 Å². The van der Waals surface area contributed by atoms with Crippen LogP contribution < -0.4 is 5.73 Å².